The van der Waals surface area contributed by atoms with Crippen LogP contribution in [0.15, 0.2) is 53.4 Å². The van der Waals surface area contributed by atoms with Gasteiger partial charge < -0.3 is 4.74 Å². The van der Waals surface area contributed by atoms with Crippen LogP contribution in [-0.4, -0.2) is 44.5 Å². The zero-order chi connectivity index (χ0) is 26.7. The molecule has 0 amide bonds. The molecule has 0 saturated carbocycles. The van der Waals surface area contributed by atoms with Crippen LogP contribution in [0.4, 0.5) is 0 Å². The molecular formula is C30H33NO5S2. The summed E-state index contributed by atoms with van der Waals surface area (Å²) < 4.78 is 33.1. The van der Waals surface area contributed by atoms with Gasteiger partial charge in [-0.1, -0.05) is 30.7 Å². The molecule has 0 N–H and O–H groups in total. The number of sulfonamides is 1. The highest BCUT2D eigenvalue weighted by atomic mass is 32.2. The average Bonchev–Trinajstić information content (AvgIpc) is 3.32. The van der Waals surface area contributed by atoms with Crippen molar-refractivity contribution < 1.29 is 22.7 Å². The van der Waals surface area contributed by atoms with E-state index in [2.05, 4.69) is 0 Å². The number of hydrogen-bond donors (Lipinski definition) is 0. The second kappa shape index (κ2) is 11.5. The highest BCUT2D eigenvalue weighted by molar-refractivity contribution is 7.89. The number of ketones is 2. The maximum Gasteiger partial charge on any atom is 0.243 e. The van der Waals surface area contributed by atoms with Gasteiger partial charge in [0.15, 0.2) is 11.6 Å². The van der Waals surface area contributed by atoms with Crippen molar-refractivity contribution in [2.75, 3.05) is 20.2 Å². The smallest absolute Gasteiger partial charge is 0.243 e. The summed E-state index contributed by atoms with van der Waals surface area (Å²) in [6, 6.07) is 13.9. The molecule has 0 unspecified atom stereocenters. The van der Waals surface area contributed by atoms with Crippen molar-refractivity contribution in [2.24, 2.45) is 0 Å². The summed E-state index contributed by atoms with van der Waals surface area (Å²) in [5.74, 6) is 0.599. The Bertz CT molecular complexity index is 1430. The number of nitrogens with zero attached hydrogens (tertiary/aromatic N) is 1. The predicted octanol–water partition coefficient (Wildman–Crippen LogP) is 5.66. The summed E-state index contributed by atoms with van der Waals surface area (Å²) in [6.45, 7) is 1.03. The summed E-state index contributed by atoms with van der Waals surface area (Å²) in [6.07, 6.45) is 7.01. The van der Waals surface area contributed by atoms with E-state index >= 15 is 0 Å². The molecular weight excluding hydrogens is 518 g/mol. The molecule has 0 spiro atoms. The highest BCUT2D eigenvalue weighted by Gasteiger charge is 2.29. The summed E-state index contributed by atoms with van der Waals surface area (Å²) in [5, 5.41) is 0. The Morgan fingerprint density at radius 3 is 2.37 bits per heavy atom. The van der Waals surface area contributed by atoms with Gasteiger partial charge in [0.2, 0.25) is 10.0 Å². The van der Waals surface area contributed by atoms with E-state index in [4.69, 9.17) is 4.74 Å². The summed E-state index contributed by atoms with van der Waals surface area (Å²) >= 11 is 1.57. The van der Waals surface area contributed by atoms with Crippen LogP contribution in [0.5, 0.6) is 5.75 Å². The first-order valence-corrected chi connectivity index (χ1v) is 15.6. The van der Waals surface area contributed by atoms with Crippen molar-refractivity contribution in [3.8, 4) is 5.75 Å². The van der Waals surface area contributed by atoms with Crippen molar-refractivity contribution in [1.82, 2.24) is 4.31 Å². The molecule has 1 aliphatic heterocycles. The molecule has 2 aliphatic rings. The number of aryl methyl sites for hydroxylation is 1. The van der Waals surface area contributed by atoms with Crippen LogP contribution < -0.4 is 4.74 Å². The number of fused-ring (bicyclic) bond motifs is 1. The quantitative estimate of drug-likeness (QED) is 0.321. The van der Waals surface area contributed by atoms with E-state index in [-0.39, 0.29) is 29.3 Å². The molecule has 0 radical (unpaired) electrons. The highest BCUT2D eigenvalue weighted by Crippen LogP contribution is 2.36. The molecule has 3 aromatic rings. The van der Waals surface area contributed by atoms with Crippen LogP contribution in [0, 0.1) is 0 Å². The number of ether oxygens (including phenoxy) is 1. The molecule has 0 atom stereocenters. The van der Waals surface area contributed by atoms with E-state index in [1.807, 2.05) is 24.3 Å². The van der Waals surface area contributed by atoms with E-state index in [0.29, 0.717) is 24.2 Å². The molecule has 200 valence electrons. The maximum atomic E-state index is 13.6. The number of thiophene rings is 1. The van der Waals surface area contributed by atoms with E-state index in [9.17, 15) is 18.0 Å². The molecule has 5 rings (SSSR count). The number of carbonyl (C=O) groups is 2. The van der Waals surface area contributed by atoms with Crippen LogP contribution >= 0.6 is 11.3 Å². The third-order valence-corrected chi connectivity index (χ3v) is 10.7. The third-order valence-electron chi connectivity index (χ3n) is 7.48. The lowest BCUT2D eigenvalue weighted by molar-refractivity contribution is 0.0989. The molecule has 38 heavy (non-hydrogen) atoms. The van der Waals surface area contributed by atoms with Crippen LogP contribution in [0.1, 0.15) is 73.7 Å². The molecule has 6 nitrogen and oxygen atoms in total. The Balaban J connectivity index is 1.40. The van der Waals surface area contributed by atoms with Gasteiger partial charge in [-0.25, -0.2) is 8.42 Å². The van der Waals surface area contributed by atoms with Crippen LogP contribution in [0.2, 0.25) is 0 Å². The van der Waals surface area contributed by atoms with E-state index in [0.717, 1.165) is 66.7 Å². The first-order chi connectivity index (χ1) is 18.4. The van der Waals surface area contributed by atoms with Gasteiger partial charge in [-0.3, -0.25) is 9.59 Å². The molecule has 1 aliphatic carbocycles. The van der Waals surface area contributed by atoms with E-state index in [1.54, 1.807) is 36.6 Å². The van der Waals surface area contributed by atoms with Gasteiger partial charge >= 0.3 is 0 Å². The van der Waals surface area contributed by atoms with Crippen molar-refractivity contribution in [3.63, 3.8) is 0 Å². The Morgan fingerprint density at radius 1 is 0.895 bits per heavy atom. The van der Waals surface area contributed by atoms with Crippen LogP contribution in [0.3, 0.4) is 0 Å². The van der Waals surface area contributed by atoms with Gasteiger partial charge in [0.1, 0.15) is 5.75 Å². The monoisotopic (exact) mass is 551 g/mol. The van der Waals surface area contributed by atoms with Gasteiger partial charge in [0, 0.05) is 46.8 Å². The lowest BCUT2D eigenvalue weighted by Gasteiger charge is -2.26. The molecule has 8 heteroatoms. The predicted molar refractivity (Wildman–Crippen MR) is 149 cm³/mol. The summed E-state index contributed by atoms with van der Waals surface area (Å²) in [4.78, 5) is 29.2. The zero-order valence-electron chi connectivity index (χ0n) is 21.7. The fraction of sp³-hybridized carbons (Fsp3) is 0.400. The van der Waals surface area contributed by atoms with Crippen molar-refractivity contribution in [3.05, 3.63) is 80.5 Å². The van der Waals surface area contributed by atoms with E-state index in [1.165, 1.54) is 15.2 Å². The van der Waals surface area contributed by atoms with Crippen LogP contribution in [-0.2, 0) is 35.7 Å². The van der Waals surface area contributed by atoms with Crippen molar-refractivity contribution in [2.45, 2.75) is 62.7 Å². The number of piperidine rings is 1. The Kier molecular flexibility index (Phi) is 8.12. The number of benzene rings is 2. The lowest BCUT2D eigenvalue weighted by atomic mass is 9.90. The fourth-order valence-corrected chi connectivity index (χ4v) is 8.40. The average molecular weight is 552 g/mol. The Labute approximate surface area is 228 Å². The minimum Gasteiger partial charge on any atom is -0.497 e. The summed E-state index contributed by atoms with van der Waals surface area (Å²) in [7, 11) is -2.02. The van der Waals surface area contributed by atoms with Gasteiger partial charge in [-0.05, 0) is 73.9 Å². The lowest BCUT2D eigenvalue weighted by Crippen LogP contribution is -2.35. The second-order valence-electron chi connectivity index (χ2n) is 10.0. The molecule has 2 heterocycles. The largest absolute Gasteiger partial charge is 0.497 e. The topological polar surface area (TPSA) is 80.8 Å². The number of Topliss-reactive ketones (excluding diaryl/α,β-unsaturated/α-hetero) is 2. The summed E-state index contributed by atoms with van der Waals surface area (Å²) in [5.41, 5.74) is 3.07. The Hall–Kier alpha value is -2.81. The molecule has 2 aromatic carbocycles. The number of carbonyl (C=O) groups excluding carboxylic acids is 2. The number of methoxy groups -OCH3 is 1. The second-order valence-corrected chi connectivity index (χ2v) is 13.2. The number of rotatable bonds is 9. The Morgan fingerprint density at radius 2 is 1.63 bits per heavy atom. The van der Waals surface area contributed by atoms with Gasteiger partial charge in [0.25, 0.3) is 0 Å². The minimum absolute atomic E-state index is 0.0267. The maximum absolute atomic E-state index is 13.6. The van der Waals surface area contributed by atoms with Gasteiger partial charge in [-0.15, -0.1) is 11.3 Å². The van der Waals surface area contributed by atoms with E-state index < -0.39 is 10.0 Å². The molecule has 1 saturated heterocycles. The molecule has 1 aromatic heterocycles. The van der Waals surface area contributed by atoms with Crippen molar-refractivity contribution in [1.29, 1.82) is 0 Å². The first-order valence-electron chi connectivity index (χ1n) is 13.3. The van der Waals surface area contributed by atoms with Crippen molar-refractivity contribution >= 4 is 32.9 Å². The molecule has 1 fully saturated rings. The fourth-order valence-electron chi connectivity index (χ4n) is 5.42. The molecule has 0 bridgehead atoms. The minimum atomic E-state index is -3.63. The first kappa shape index (κ1) is 26.8. The van der Waals surface area contributed by atoms with Gasteiger partial charge in [0.05, 0.1) is 12.0 Å². The third kappa shape index (κ3) is 5.63. The normalized spacial score (nSPS) is 16.1. The van der Waals surface area contributed by atoms with Crippen LogP contribution in [0.25, 0.3) is 0 Å². The van der Waals surface area contributed by atoms with Gasteiger partial charge in [-0.2, -0.15) is 4.31 Å². The number of hydrogen-bond acceptors (Lipinski definition) is 6. The SMILES string of the molecule is COc1ccc(CC(=O)c2c(CC(=O)c3cccc(S(=O)(=O)N4CCCCC4)c3)sc3c2CCCC3)cc1. The standard InChI is InChI=1S/C30H33NO5S2/c1-36-23-14-12-21(13-15-23)18-27(33)30-25-10-3-4-11-28(25)37-29(30)20-26(32)22-8-7-9-24(19-22)38(34,35)31-16-5-2-6-17-31/h7-9,12-15,19H,2-6,10-11,16-18,20H2,1H3. The zero-order valence-corrected chi connectivity index (χ0v) is 23.3.